The molecule has 0 aromatic heterocycles. The Morgan fingerprint density at radius 3 is 2.44 bits per heavy atom. The Morgan fingerprint density at radius 2 is 1.88 bits per heavy atom. The average Bonchev–Trinajstić information content (AvgIpc) is 2.23. The number of ether oxygens (including phenoxy) is 1. The Labute approximate surface area is 99.1 Å². The summed E-state index contributed by atoms with van der Waals surface area (Å²) in [6.45, 7) is 9.42. The lowest BCUT2D eigenvalue weighted by atomic mass is 9.94. The van der Waals surface area contributed by atoms with Crippen LogP contribution in [-0.4, -0.2) is 39.3 Å². The second kappa shape index (κ2) is 9.60. The minimum Gasteiger partial charge on any atom is -0.383 e. The van der Waals surface area contributed by atoms with Gasteiger partial charge in [-0.05, 0) is 11.8 Å². The molecule has 0 heterocycles. The van der Waals surface area contributed by atoms with Crippen molar-refractivity contribution in [2.75, 3.05) is 33.4 Å². The number of hydrogen-bond acceptors (Lipinski definition) is 3. The maximum Gasteiger partial charge on any atom is 0.220 e. The van der Waals surface area contributed by atoms with Crippen molar-refractivity contribution in [3.05, 3.63) is 0 Å². The summed E-state index contributed by atoms with van der Waals surface area (Å²) in [4.78, 5) is 11.5. The van der Waals surface area contributed by atoms with E-state index in [9.17, 15) is 4.79 Å². The third-order valence-corrected chi connectivity index (χ3v) is 2.75. The quantitative estimate of drug-likeness (QED) is 0.581. The van der Waals surface area contributed by atoms with Crippen molar-refractivity contribution in [1.82, 2.24) is 10.6 Å². The SMILES string of the molecule is COCCNCCNC(=O)CC(C)C(C)C. The molecule has 0 aliphatic rings. The highest BCUT2D eigenvalue weighted by Crippen LogP contribution is 2.13. The van der Waals surface area contributed by atoms with Crippen LogP contribution in [0, 0.1) is 11.8 Å². The van der Waals surface area contributed by atoms with Crippen LogP contribution in [0.3, 0.4) is 0 Å². The molecular weight excluding hydrogens is 204 g/mol. The molecule has 96 valence electrons. The lowest BCUT2D eigenvalue weighted by Gasteiger charge is -2.14. The summed E-state index contributed by atoms with van der Waals surface area (Å²) in [6, 6.07) is 0. The number of rotatable bonds is 9. The second-order valence-electron chi connectivity index (χ2n) is 4.52. The molecular formula is C12H26N2O2. The molecule has 4 nitrogen and oxygen atoms in total. The van der Waals surface area contributed by atoms with Crippen molar-refractivity contribution < 1.29 is 9.53 Å². The van der Waals surface area contributed by atoms with Crippen molar-refractivity contribution in [3.63, 3.8) is 0 Å². The fourth-order valence-corrected chi connectivity index (χ4v) is 1.19. The smallest absolute Gasteiger partial charge is 0.220 e. The van der Waals surface area contributed by atoms with E-state index < -0.39 is 0 Å². The molecule has 0 aromatic carbocycles. The molecule has 0 rings (SSSR count). The van der Waals surface area contributed by atoms with Gasteiger partial charge in [0.25, 0.3) is 0 Å². The minimum atomic E-state index is 0.148. The molecule has 0 saturated carbocycles. The van der Waals surface area contributed by atoms with E-state index >= 15 is 0 Å². The molecule has 0 aromatic rings. The molecule has 0 bridgehead atoms. The predicted octanol–water partition coefficient (Wildman–Crippen LogP) is 1.02. The van der Waals surface area contributed by atoms with Gasteiger partial charge < -0.3 is 15.4 Å². The summed E-state index contributed by atoms with van der Waals surface area (Å²) in [5, 5.41) is 6.08. The Balaban J connectivity index is 3.37. The van der Waals surface area contributed by atoms with Crippen molar-refractivity contribution in [2.24, 2.45) is 11.8 Å². The van der Waals surface area contributed by atoms with E-state index in [4.69, 9.17) is 4.74 Å². The molecule has 0 saturated heterocycles. The van der Waals surface area contributed by atoms with E-state index in [0.717, 1.165) is 13.1 Å². The Hall–Kier alpha value is -0.610. The standard InChI is InChI=1S/C12H26N2O2/c1-10(2)11(3)9-12(15)14-6-5-13-7-8-16-4/h10-11,13H,5-9H2,1-4H3,(H,14,15). The zero-order valence-electron chi connectivity index (χ0n) is 11.0. The molecule has 1 amide bonds. The van der Waals surface area contributed by atoms with E-state index in [1.165, 1.54) is 0 Å². The Kier molecular flexibility index (Phi) is 9.24. The maximum atomic E-state index is 11.5. The number of carbonyl (C=O) groups is 1. The van der Waals surface area contributed by atoms with Crippen molar-refractivity contribution in [2.45, 2.75) is 27.2 Å². The van der Waals surface area contributed by atoms with Gasteiger partial charge in [0.05, 0.1) is 6.61 Å². The van der Waals surface area contributed by atoms with E-state index in [1.807, 2.05) is 0 Å². The van der Waals surface area contributed by atoms with Crippen LogP contribution in [0.1, 0.15) is 27.2 Å². The van der Waals surface area contributed by atoms with Crippen LogP contribution in [0.4, 0.5) is 0 Å². The third-order valence-electron chi connectivity index (χ3n) is 2.75. The van der Waals surface area contributed by atoms with E-state index in [1.54, 1.807) is 7.11 Å². The first kappa shape index (κ1) is 15.4. The van der Waals surface area contributed by atoms with E-state index in [-0.39, 0.29) is 5.91 Å². The van der Waals surface area contributed by atoms with Crippen LogP contribution in [-0.2, 0) is 9.53 Å². The molecule has 0 fully saturated rings. The molecule has 1 unspecified atom stereocenters. The predicted molar refractivity (Wildman–Crippen MR) is 66.4 cm³/mol. The topological polar surface area (TPSA) is 50.4 Å². The monoisotopic (exact) mass is 230 g/mol. The summed E-state index contributed by atoms with van der Waals surface area (Å²) in [5.74, 6) is 1.15. The average molecular weight is 230 g/mol. The molecule has 2 N–H and O–H groups in total. The number of methoxy groups -OCH3 is 1. The van der Waals surface area contributed by atoms with E-state index in [2.05, 4.69) is 31.4 Å². The van der Waals surface area contributed by atoms with Crippen molar-refractivity contribution >= 4 is 5.91 Å². The van der Waals surface area contributed by atoms with Crippen LogP contribution in [0.15, 0.2) is 0 Å². The van der Waals surface area contributed by atoms with Crippen molar-refractivity contribution in [3.8, 4) is 0 Å². The van der Waals surface area contributed by atoms with Crippen LogP contribution in [0.2, 0.25) is 0 Å². The van der Waals surface area contributed by atoms with Gasteiger partial charge in [0.15, 0.2) is 0 Å². The molecule has 4 heteroatoms. The number of nitrogens with one attached hydrogen (secondary N) is 2. The van der Waals surface area contributed by atoms with Gasteiger partial charge in [-0.2, -0.15) is 0 Å². The zero-order chi connectivity index (χ0) is 12.4. The summed E-state index contributed by atoms with van der Waals surface area (Å²) < 4.78 is 4.90. The first-order chi connectivity index (χ1) is 7.57. The van der Waals surface area contributed by atoms with Gasteiger partial charge in [0, 0.05) is 33.2 Å². The van der Waals surface area contributed by atoms with Gasteiger partial charge in [-0.1, -0.05) is 20.8 Å². The van der Waals surface area contributed by atoms with Crippen LogP contribution < -0.4 is 10.6 Å². The van der Waals surface area contributed by atoms with Crippen LogP contribution >= 0.6 is 0 Å². The number of carbonyl (C=O) groups excluding carboxylic acids is 1. The van der Waals surface area contributed by atoms with Gasteiger partial charge in [0.1, 0.15) is 0 Å². The highest BCUT2D eigenvalue weighted by atomic mass is 16.5. The zero-order valence-corrected chi connectivity index (χ0v) is 11.0. The Morgan fingerprint density at radius 1 is 1.19 bits per heavy atom. The lowest BCUT2D eigenvalue weighted by Crippen LogP contribution is -2.34. The molecule has 16 heavy (non-hydrogen) atoms. The normalized spacial score (nSPS) is 12.8. The molecule has 0 spiro atoms. The Bertz CT molecular complexity index is 184. The molecule has 0 aliphatic carbocycles. The first-order valence-electron chi connectivity index (χ1n) is 6.04. The van der Waals surface area contributed by atoms with Gasteiger partial charge >= 0.3 is 0 Å². The fraction of sp³-hybridized carbons (Fsp3) is 0.917. The molecule has 0 aliphatic heterocycles. The highest BCUT2D eigenvalue weighted by molar-refractivity contribution is 5.76. The van der Waals surface area contributed by atoms with Crippen LogP contribution in [0.25, 0.3) is 0 Å². The summed E-state index contributed by atoms with van der Waals surface area (Å²) in [7, 11) is 1.68. The summed E-state index contributed by atoms with van der Waals surface area (Å²) >= 11 is 0. The van der Waals surface area contributed by atoms with Gasteiger partial charge in [0.2, 0.25) is 5.91 Å². The second-order valence-corrected chi connectivity index (χ2v) is 4.52. The summed E-state index contributed by atoms with van der Waals surface area (Å²) in [5.41, 5.74) is 0. The van der Waals surface area contributed by atoms with Gasteiger partial charge in [-0.15, -0.1) is 0 Å². The maximum absolute atomic E-state index is 11.5. The van der Waals surface area contributed by atoms with Crippen LogP contribution in [0.5, 0.6) is 0 Å². The largest absolute Gasteiger partial charge is 0.383 e. The molecule has 0 radical (unpaired) electrons. The van der Waals surface area contributed by atoms with Crippen molar-refractivity contribution in [1.29, 1.82) is 0 Å². The third kappa shape index (κ3) is 8.68. The number of amides is 1. The highest BCUT2D eigenvalue weighted by Gasteiger charge is 2.11. The van der Waals surface area contributed by atoms with Gasteiger partial charge in [-0.25, -0.2) is 0 Å². The minimum absolute atomic E-state index is 0.148. The number of hydrogen-bond donors (Lipinski definition) is 2. The van der Waals surface area contributed by atoms with Gasteiger partial charge in [-0.3, -0.25) is 4.79 Å². The lowest BCUT2D eigenvalue weighted by molar-refractivity contribution is -0.122. The summed E-state index contributed by atoms with van der Waals surface area (Å²) in [6.07, 6.45) is 0.621. The first-order valence-corrected chi connectivity index (χ1v) is 6.04. The van der Waals surface area contributed by atoms with E-state index in [0.29, 0.717) is 31.4 Å². The molecule has 1 atom stereocenters. The fourth-order valence-electron chi connectivity index (χ4n) is 1.19.